The molecule has 0 spiro atoms. The third kappa shape index (κ3) is 4.70. The average molecular weight is 328 g/mol. The lowest BCUT2D eigenvalue weighted by molar-refractivity contribution is 0.414. The Hall–Kier alpha value is -2.07. The van der Waals surface area contributed by atoms with E-state index in [1.54, 1.807) is 7.11 Å². The molecular weight excluding hydrogens is 304 g/mol. The van der Waals surface area contributed by atoms with Gasteiger partial charge in [0.05, 0.1) is 7.11 Å². The number of ether oxygens (including phenoxy) is 1. The number of para-hydroxylation sites is 1. The zero-order chi connectivity index (χ0) is 16.7. The van der Waals surface area contributed by atoms with E-state index in [9.17, 15) is 0 Å². The molecule has 0 heterocycles. The van der Waals surface area contributed by atoms with Gasteiger partial charge in [0.1, 0.15) is 5.75 Å². The Morgan fingerprint density at radius 2 is 1.83 bits per heavy atom. The Labute approximate surface area is 144 Å². The van der Waals surface area contributed by atoms with Gasteiger partial charge in [-0.25, -0.2) is 0 Å². The molecule has 0 fully saturated rings. The van der Waals surface area contributed by atoms with Crippen molar-refractivity contribution in [3.05, 3.63) is 59.7 Å². The first-order valence-corrected chi connectivity index (χ1v) is 8.30. The molecule has 0 aliphatic heterocycles. The standard InChI is InChI=1S/C19H24N2OS/c1-4-21(18-8-6-5-7-15(18)2)19(23)20-14-13-16-9-11-17(22-3)12-10-16/h5-12H,4,13-14H2,1-3H3,(H,20,23). The van der Waals surface area contributed by atoms with E-state index in [-0.39, 0.29) is 0 Å². The van der Waals surface area contributed by atoms with Crippen molar-refractivity contribution in [1.29, 1.82) is 0 Å². The molecule has 2 aromatic carbocycles. The summed E-state index contributed by atoms with van der Waals surface area (Å²) in [7, 11) is 1.68. The minimum Gasteiger partial charge on any atom is -0.497 e. The summed E-state index contributed by atoms with van der Waals surface area (Å²) in [6, 6.07) is 16.5. The predicted octanol–water partition coefficient (Wildman–Crippen LogP) is 3.95. The molecule has 0 aliphatic rings. The molecule has 2 rings (SSSR count). The third-order valence-corrected chi connectivity index (χ3v) is 4.18. The van der Waals surface area contributed by atoms with Crippen LogP contribution in [0.25, 0.3) is 0 Å². The molecule has 0 aromatic heterocycles. The van der Waals surface area contributed by atoms with Gasteiger partial charge in [-0.05, 0) is 61.8 Å². The minimum absolute atomic E-state index is 0.773. The van der Waals surface area contributed by atoms with Crippen molar-refractivity contribution in [1.82, 2.24) is 5.32 Å². The molecule has 4 heteroatoms. The molecule has 1 N–H and O–H groups in total. The monoisotopic (exact) mass is 328 g/mol. The van der Waals surface area contributed by atoms with Gasteiger partial charge in [0.2, 0.25) is 0 Å². The highest BCUT2D eigenvalue weighted by Gasteiger charge is 2.11. The zero-order valence-electron chi connectivity index (χ0n) is 14.0. The van der Waals surface area contributed by atoms with Crippen molar-refractivity contribution in [2.75, 3.05) is 25.1 Å². The molecule has 122 valence electrons. The van der Waals surface area contributed by atoms with Gasteiger partial charge in [0.25, 0.3) is 0 Å². The van der Waals surface area contributed by atoms with Gasteiger partial charge in [-0.3, -0.25) is 0 Å². The number of benzene rings is 2. The molecule has 0 bridgehead atoms. The maximum Gasteiger partial charge on any atom is 0.173 e. The number of aryl methyl sites for hydroxylation is 1. The lowest BCUT2D eigenvalue weighted by atomic mass is 10.1. The van der Waals surface area contributed by atoms with Crippen LogP contribution in [0.1, 0.15) is 18.1 Å². The Morgan fingerprint density at radius 1 is 1.13 bits per heavy atom. The predicted molar refractivity (Wildman–Crippen MR) is 101 cm³/mol. The second-order valence-corrected chi connectivity index (χ2v) is 5.75. The molecule has 3 nitrogen and oxygen atoms in total. The number of nitrogens with zero attached hydrogens (tertiary/aromatic N) is 1. The molecule has 0 radical (unpaired) electrons. The fourth-order valence-corrected chi connectivity index (χ4v) is 2.82. The van der Waals surface area contributed by atoms with E-state index < -0.39 is 0 Å². The molecule has 0 saturated heterocycles. The van der Waals surface area contributed by atoms with Crippen LogP contribution in [0.15, 0.2) is 48.5 Å². The van der Waals surface area contributed by atoms with E-state index in [0.717, 1.165) is 36.1 Å². The normalized spacial score (nSPS) is 10.2. The quantitative estimate of drug-likeness (QED) is 0.812. The van der Waals surface area contributed by atoms with Crippen LogP contribution in [0.5, 0.6) is 5.75 Å². The van der Waals surface area contributed by atoms with Gasteiger partial charge in [0, 0.05) is 18.8 Å². The van der Waals surface area contributed by atoms with Crippen LogP contribution in [-0.4, -0.2) is 25.3 Å². The fraction of sp³-hybridized carbons (Fsp3) is 0.316. The van der Waals surface area contributed by atoms with Crippen molar-refractivity contribution in [2.45, 2.75) is 20.3 Å². The Balaban J connectivity index is 1.91. The van der Waals surface area contributed by atoms with Crippen LogP contribution in [0, 0.1) is 6.92 Å². The van der Waals surface area contributed by atoms with Gasteiger partial charge < -0.3 is 15.0 Å². The Bertz CT molecular complexity index is 640. The lowest BCUT2D eigenvalue weighted by Gasteiger charge is -2.26. The second-order valence-electron chi connectivity index (χ2n) is 5.36. The summed E-state index contributed by atoms with van der Waals surface area (Å²) >= 11 is 5.57. The molecule has 0 unspecified atom stereocenters. The van der Waals surface area contributed by atoms with Crippen LogP contribution < -0.4 is 15.0 Å². The van der Waals surface area contributed by atoms with Crippen molar-refractivity contribution in [3.8, 4) is 5.75 Å². The number of hydrogen-bond acceptors (Lipinski definition) is 2. The van der Waals surface area contributed by atoms with E-state index in [2.05, 4.69) is 48.3 Å². The Morgan fingerprint density at radius 3 is 2.43 bits per heavy atom. The third-order valence-electron chi connectivity index (χ3n) is 3.82. The molecule has 0 atom stereocenters. The summed E-state index contributed by atoms with van der Waals surface area (Å²) < 4.78 is 5.17. The van der Waals surface area contributed by atoms with E-state index in [0.29, 0.717) is 0 Å². The van der Waals surface area contributed by atoms with Crippen molar-refractivity contribution in [2.24, 2.45) is 0 Å². The van der Waals surface area contributed by atoms with Crippen molar-refractivity contribution in [3.63, 3.8) is 0 Å². The Kier molecular flexibility index (Phi) is 6.41. The highest BCUT2D eigenvalue weighted by Crippen LogP contribution is 2.19. The topological polar surface area (TPSA) is 24.5 Å². The van der Waals surface area contributed by atoms with E-state index in [4.69, 9.17) is 17.0 Å². The van der Waals surface area contributed by atoms with Crippen LogP contribution in [0.3, 0.4) is 0 Å². The average Bonchev–Trinajstić information content (AvgIpc) is 2.58. The van der Waals surface area contributed by atoms with E-state index in [1.165, 1.54) is 11.1 Å². The van der Waals surface area contributed by atoms with Gasteiger partial charge in [-0.1, -0.05) is 30.3 Å². The fourth-order valence-electron chi connectivity index (χ4n) is 2.49. The highest BCUT2D eigenvalue weighted by atomic mass is 32.1. The summed E-state index contributed by atoms with van der Waals surface area (Å²) in [4.78, 5) is 2.14. The maximum atomic E-state index is 5.57. The number of anilines is 1. The van der Waals surface area contributed by atoms with Gasteiger partial charge in [-0.15, -0.1) is 0 Å². The van der Waals surface area contributed by atoms with Gasteiger partial charge in [0.15, 0.2) is 5.11 Å². The number of nitrogens with one attached hydrogen (secondary N) is 1. The van der Waals surface area contributed by atoms with Gasteiger partial charge in [-0.2, -0.15) is 0 Å². The smallest absolute Gasteiger partial charge is 0.173 e. The van der Waals surface area contributed by atoms with E-state index in [1.807, 2.05) is 24.3 Å². The van der Waals surface area contributed by atoms with Crippen molar-refractivity contribution < 1.29 is 4.74 Å². The number of rotatable bonds is 6. The van der Waals surface area contributed by atoms with Crippen LogP contribution in [-0.2, 0) is 6.42 Å². The van der Waals surface area contributed by atoms with Crippen LogP contribution in [0.4, 0.5) is 5.69 Å². The number of hydrogen-bond donors (Lipinski definition) is 1. The summed E-state index contributed by atoms with van der Waals surface area (Å²) in [6.07, 6.45) is 0.926. The SMILES string of the molecule is CCN(C(=S)NCCc1ccc(OC)cc1)c1ccccc1C. The first-order chi connectivity index (χ1) is 11.2. The first-order valence-electron chi connectivity index (χ1n) is 7.89. The first kappa shape index (κ1) is 17.3. The van der Waals surface area contributed by atoms with E-state index >= 15 is 0 Å². The molecule has 0 saturated carbocycles. The van der Waals surface area contributed by atoms with Gasteiger partial charge >= 0.3 is 0 Å². The van der Waals surface area contributed by atoms with Crippen molar-refractivity contribution >= 4 is 23.0 Å². The lowest BCUT2D eigenvalue weighted by Crippen LogP contribution is -2.40. The molecule has 0 amide bonds. The highest BCUT2D eigenvalue weighted by molar-refractivity contribution is 7.80. The number of thiocarbonyl (C=S) groups is 1. The molecule has 23 heavy (non-hydrogen) atoms. The van der Waals surface area contributed by atoms with Crippen LogP contribution in [0.2, 0.25) is 0 Å². The van der Waals surface area contributed by atoms with Crippen LogP contribution >= 0.6 is 12.2 Å². The minimum atomic E-state index is 0.773. The largest absolute Gasteiger partial charge is 0.497 e. The molecule has 0 aliphatic carbocycles. The zero-order valence-corrected chi connectivity index (χ0v) is 14.8. The summed E-state index contributed by atoms with van der Waals surface area (Å²) in [6.45, 7) is 5.88. The second kappa shape index (κ2) is 8.53. The maximum absolute atomic E-state index is 5.57. The molecule has 2 aromatic rings. The summed E-state index contributed by atoms with van der Waals surface area (Å²) in [5.74, 6) is 0.883. The number of methoxy groups -OCH3 is 1. The summed E-state index contributed by atoms with van der Waals surface area (Å²) in [5.41, 5.74) is 3.66. The molecular formula is C19H24N2OS. The summed E-state index contributed by atoms with van der Waals surface area (Å²) in [5, 5.41) is 4.14.